The van der Waals surface area contributed by atoms with E-state index < -0.39 is 5.97 Å². The Morgan fingerprint density at radius 3 is 2.50 bits per heavy atom. The van der Waals surface area contributed by atoms with Gasteiger partial charge < -0.3 is 14.7 Å². The van der Waals surface area contributed by atoms with E-state index in [1.54, 1.807) is 0 Å². The minimum atomic E-state index is -0.755. The Kier molecular flexibility index (Phi) is 3.71. The van der Waals surface area contributed by atoms with E-state index in [2.05, 4.69) is 0 Å². The van der Waals surface area contributed by atoms with Crippen LogP contribution in [0.3, 0.4) is 0 Å². The van der Waals surface area contributed by atoms with Crippen LogP contribution < -0.4 is 0 Å². The third-order valence-corrected chi connectivity index (χ3v) is 5.21. The predicted octanol–water partition coefficient (Wildman–Crippen LogP) is 1.66. The molecule has 0 bridgehead atoms. The number of carboxylic acids is 1. The number of carbonyl (C=O) groups excluding carboxylic acids is 1. The van der Waals surface area contributed by atoms with Crippen LogP contribution >= 0.6 is 0 Å². The number of amides is 1. The van der Waals surface area contributed by atoms with Crippen LogP contribution in [0.15, 0.2) is 0 Å². The van der Waals surface area contributed by atoms with Crippen molar-refractivity contribution >= 4 is 11.9 Å². The highest BCUT2D eigenvalue weighted by Crippen LogP contribution is 2.38. The van der Waals surface area contributed by atoms with Crippen molar-refractivity contribution in [2.24, 2.45) is 11.8 Å². The average molecular weight is 281 g/mol. The van der Waals surface area contributed by atoms with Gasteiger partial charge in [0.15, 0.2) is 0 Å². The van der Waals surface area contributed by atoms with Crippen molar-refractivity contribution in [1.82, 2.24) is 4.90 Å². The third kappa shape index (κ3) is 2.55. The molecule has 0 aromatic heterocycles. The normalized spacial score (nSPS) is 32.7. The molecule has 2 aliphatic carbocycles. The van der Waals surface area contributed by atoms with Gasteiger partial charge in [-0.25, -0.2) is 0 Å². The molecular formula is C15H23NO4. The Morgan fingerprint density at radius 1 is 1.15 bits per heavy atom. The van der Waals surface area contributed by atoms with Crippen LogP contribution in [0.5, 0.6) is 0 Å². The summed E-state index contributed by atoms with van der Waals surface area (Å²) >= 11 is 0. The molecular weight excluding hydrogens is 258 g/mol. The van der Waals surface area contributed by atoms with Crippen molar-refractivity contribution in [2.45, 2.75) is 50.5 Å². The maximum Gasteiger partial charge on any atom is 0.306 e. The van der Waals surface area contributed by atoms with Crippen LogP contribution in [-0.4, -0.2) is 47.2 Å². The fourth-order valence-corrected chi connectivity index (χ4v) is 4.04. The summed E-state index contributed by atoms with van der Waals surface area (Å²) in [5, 5.41) is 9.05. The van der Waals surface area contributed by atoms with E-state index in [0.717, 1.165) is 19.3 Å². The highest BCUT2D eigenvalue weighted by Gasteiger charge is 2.43. The molecule has 1 N–H and O–H groups in total. The van der Waals surface area contributed by atoms with Crippen molar-refractivity contribution in [3.63, 3.8) is 0 Å². The Hall–Kier alpha value is -1.10. The Balaban J connectivity index is 1.61. The zero-order valence-electron chi connectivity index (χ0n) is 11.8. The molecule has 112 valence electrons. The predicted molar refractivity (Wildman–Crippen MR) is 72.2 cm³/mol. The molecule has 5 heteroatoms. The summed E-state index contributed by atoms with van der Waals surface area (Å²) in [6.45, 7) is 2.00. The molecule has 1 amide bonds. The van der Waals surface area contributed by atoms with Crippen LogP contribution in [0.4, 0.5) is 0 Å². The Bertz CT molecular complexity index is 403. The van der Waals surface area contributed by atoms with Gasteiger partial charge in [-0.15, -0.1) is 0 Å². The molecule has 0 aromatic carbocycles. The molecule has 3 aliphatic rings. The van der Waals surface area contributed by atoms with Crippen LogP contribution in [0.25, 0.3) is 0 Å². The van der Waals surface area contributed by atoms with Gasteiger partial charge in [0.25, 0.3) is 0 Å². The van der Waals surface area contributed by atoms with Gasteiger partial charge in [-0.05, 0) is 32.1 Å². The molecule has 0 radical (unpaired) electrons. The third-order valence-electron chi connectivity index (χ3n) is 5.21. The molecule has 1 saturated heterocycles. The van der Waals surface area contributed by atoms with E-state index in [1.165, 1.54) is 12.8 Å². The number of hydrogen-bond donors (Lipinski definition) is 1. The molecule has 5 nitrogen and oxygen atoms in total. The second kappa shape index (κ2) is 5.35. The van der Waals surface area contributed by atoms with Crippen LogP contribution in [0.2, 0.25) is 0 Å². The van der Waals surface area contributed by atoms with Gasteiger partial charge in [0.05, 0.1) is 18.1 Å². The maximum atomic E-state index is 12.6. The van der Waals surface area contributed by atoms with Gasteiger partial charge in [-0.3, -0.25) is 9.59 Å². The van der Waals surface area contributed by atoms with E-state index in [-0.39, 0.29) is 23.3 Å². The second-order valence-electron chi connectivity index (χ2n) is 6.54. The fourth-order valence-electron chi connectivity index (χ4n) is 4.04. The van der Waals surface area contributed by atoms with Gasteiger partial charge in [0, 0.05) is 19.0 Å². The zero-order valence-corrected chi connectivity index (χ0v) is 11.8. The summed E-state index contributed by atoms with van der Waals surface area (Å²) in [5.41, 5.74) is -0.0985. The van der Waals surface area contributed by atoms with Gasteiger partial charge in [-0.1, -0.05) is 12.8 Å². The first-order valence-electron chi connectivity index (χ1n) is 7.75. The van der Waals surface area contributed by atoms with Crippen molar-refractivity contribution in [3.8, 4) is 0 Å². The van der Waals surface area contributed by atoms with E-state index in [9.17, 15) is 9.59 Å². The first-order chi connectivity index (χ1) is 9.60. The van der Waals surface area contributed by atoms with Crippen molar-refractivity contribution < 1.29 is 19.4 Å². The number of carboxylic acid groups (broad SMARTS) is 1. The van der Waals surface area contributed by atoms with E-state index in [4.69, 9.17) is 9.84 Å². The summed E-state index contributed by atoms with van der Waals surface area (Å²) in [5.74, 6) is -1.02. The van der Waals surface area contributed by atoms with E-state index in [0.29, 0.717) is 32.5 Å². The lowest BCUT2D eigenvalue weighted by Crippen LogP contribution is -2.53. The van der Waals surface area contributed by atoms with Gasteiger partial charge >= 0.3 is 5.97 Å². The summed E-state index contributed by atoms with van der Waals surface area (Å²) in [6.07, 6.45) is 6.36. The van der Waals surface area contributed by atoms with Crippen LogP contribution in [0, 0.1) is 11.8 Å². The molecule has 1 spiro atoms. The Morgan fingerprint density at radius 2 is 1.85 bits per heavy atom. The molecule has 20 heavy (non-hydrogen) atoms. The van der Waals surface area contributed by atoms with Crippen molar-refractivity contribution in [1.29, 1.82) is 0 Å². The minimum absolute atomic E-state index is 0.0901. The molecule has 0 aromatic rings. The molecule has 2 saturated carbocycles. The second-order valence-corrected chi connectivity index (χ2v) is 6.54. The standard InChI is InChI=1S/C15H23NO4/c17-13(11-3-4-12(9-11)14(18)19)16-7-8-20-15(10-16)5-1-2-6-15/h11-12H,1-10H2,(H,18,19)/t11-,12+/m0/s1. The summed E-state index contributed by atoms with van der Waals surface area (Å²) in [7, 11) is 0. The molecule has 2 atom stereocenters. The lowest BCUT2D eigenvalue weighted by Gasteiger charge is -2.41. The topological polar surface area (TPSA) is 66.8 Å². The number of morpholine rings is 1. The molecule has 1 heterocycles. The first kappa shape index (κ1) is 13.9. The lowest BCUT2D eigenvalue weighted by molar-refractivity contribution is -0.153. The number of nitrogens with zero attached hydrogens (tertiary/aromatic N) is 1. The Labute approximate surface area is 119 Å². The van der Waals surface area contributed by atoms with E-state index >= 15 is 0 Å². The van der Waals surface area contributed by atoms with E-state index in [1.807, 2.05) is 4.90 Å². The lowest BCUT2D eigenvalue weighted by atomic mass is 9.97. The maximum absolute atomic E-state index is 12.6. The molecule has 3 rings (SSSR count). The van der Waals surface area contributed by atoms with Gasteiger partial charge in [0.1, 0.15) is 0 Å². The SMILES string of the molecule is O=C(O)[C@@H]1CC[C@H](C(=O)N2CCOC3(CCCC3)C2)C1. The number of rotatable bonds is 2. The van der Waals surface area contributed by atoms with Crippen molar-refractivity contribution in [3.05, 3.63) is 0 Å². The van der Waals surface area contributed by atoms with Gasteiger partial charge in [-0.2, -0.15) is 0 Å². The summed E-state index contributed by atoms with van der Waals surface area (Å²) in [6, 6.07) is 0. The zero-order chi connectivity index (χ0) is 14.2. The van der Waals surface area contributed by atoms with Crippen LogP contribution in [-0.2, 0) is 14.3 Å². The highest BCUT2D eigenvalue weighted by molar-refractivity contribution is 5.81. The average Bonchev–Trinajstić information content (AvgIpc) is 3.08. The van der Waals surface area contributed by atoms with Crippen LogP contribution in [0.1, 0.15) is 44.9 Å². The van der Waals surface area contributed by atoms with Gasteiger partial charge in [0.2, 0.25) is 5.91 Å². The van der Waals surface area contributed by atoms with Crippen molar-refractivity contribution in [2.75, 3.05) is 19.7 Å². The summed E-state index contributed by atoms with van der Waals surface area (Å²) < 4.78 is 5.94. The minimum Gasteiger partial charge on any atom is -0.481 e. The summed E-state index contributed by atoms with van der Waals surface area (Å²) in [4.78, 5) is 25.5. The number of hydrogen-bond acceptors (Lipinski definition) is 3. The number of carbonyl (C=O) groups is 2. The fraction of sp³-hybridized carbons (Fsp3) is 0.867. The number of ether oxygens (including phenoxy) is 1. The first-order valence-corrected chi connectivity index (χ1v) is 7.75. The highest BCUT2D eigenvalue weighted by atomic mass is 16.5. The number of aliphatic carboxylic acids is 1. The smallest absolute Gasteiger partial charge is 0.306 e. The quantitative estimate of drug-likeness (QED) is 0.836. The largest absolute Gasteiger partial charge is 0.481 e. The molecule has 0 unspecified atom stereocenters. The molecule has 1 aliphatic heterocycles. The monoisotopic (exact) mass is 281 g/mol. The molecule has 3 fully saturated rings.